The van der Waals surface area contributed by atoms with Crippen molar-refractivity contribution in [3.63, 3.8) is 0 Å². The van der Waals surface area contributed by atoms with Gasteiger partial charge in [-0.15, -0.1) is 0 Å². The molecule has 7 heteroatoms. The smallest absolute Gasteiger partial charge is 0.244 e. The molecule has 0 heterocycles. The van der Waals surface area contributed by atoms with Gasteiger partial charge in [0, 0.05) is 30.2 Å². The lowest BCUT2D eigenvalue weighted by Crippen LogP contribution is -2.30. The van der Waals surface area contributed by atoms with E-state index in [1.54, 1.807) is 30.3 Å². The normalized spacial score (nSPS) is 11.9. The average molecular weight is 451 g/mol. The van der Waals surface area contributed by atoms with Gasteiger partial charge < -0.3 is 5.32 Å². The highest BCUT2D eigenvalue weighted by atomic mass is 79.9. The molecule has 0 aliphatic heterocycles. The molecular formula is C20H23BrN2O3S. The summed E-state index contributed by atoms with van der Waals surface area (Å²) in [7, 11) is -3.46. The van der Waals surface area contributed by atoms with Crippen LogP contribution < -0.4 is 5.32 Å². The Kier molecular flexibility index (Phi) is 7.77. The molecule has 27 heavy (non-hydrogen) atoms. The SMILES string of the molecule is CCN(CC)S(=O)(=O)c1ccc(CNC(=O)/C=C/c2cccc(Br)c2)cc1. The monoisotopic (exact) mass is 450 g/mol. The molecule has 0 spiro atoms. The van der Waals surface area contributed by atoms with E-state index in [0.29, 0.717) is 19.6 Å². The molecule has 2 aromatic rings. The van der Waals surface area contributed by atoms with Crippen molar-refractivity contribution < 1.29 is 13.2 Å². The van der Waals surface area contributed by atoms with Gasteiger partial charge >= 0.3 is 0 Å². The summed E-state index contributed by atoms with van der Waals surface area (Å²) in [6.07, 6.45) is 3.21. The Morgan fingerprint density at radius 1 is 1.11 bits per heavy atom. The standard InChI is InChI=1S/C20H23BrN2O3S/c1-3-23(4-2)27(25,26)19-11-8-17(9-12-19)15-22-20(24)13-10-16-6-5-7-18(21)14-16/h5-14H,3-4,15H2,1-2H3,(H,22,24)/b13-10+. The first-order valence-electron chi connectivity index (χ1n) is 8.67. The van der Waals surface area contributed by atoms with Crippen molar-refractivity contribution >= 4 is 37.9 Å². The lowest BCUT2D eigenvalue weighted by molar-refractivity contribution is -0.116. The predicted octanol–water partition coefficient (Wildman–Crippen LogP) is 3.81. The Hall–Kier alpha value is -1.96. The van der Waals surface area contributed by atoms with Gasteiger partial charge in [0.1, 0.15) is 0 Å². The molecule has 0 aromatic heterocycles. The minimum Gasteiger partial charge on any atom is -0.348 e. The molecule has 0 bridgehead atoms. The maximum atomic E-state index is 12.5. The van der Waals surface area contributed by atoms with Gasteiger partial charge in [0.15, 0.2) is 0 Å². The topological polar surface area (TPSA) is 66.5 Å². The Balaban J connectivity index is 1.96. The number of benzene rings is 2. The highest BCUT2D eigenvalue weighted by molar-refractivity contribution is 9.10. The number of carbonyl (C=O) groups is 1. The number of sulfonamides is 1. The van der Waals surface area contributed by atoms with Crippen LogP contribution in [-0.2, 0) is 21.4 Å². The van der Waals surface area contributed by atoms with Gasteiger partial charge in [-0.3, -0.25) is 4.79 Å². The van der Waals surface area contributed by atoms with Crippen LogP contribution in [0.5, 0.6) is 0 Å². The van der Waals surface area contributed by atoms with Crippen LogP contribution in [0.3, 0.4) is 0 Å². The second-order valence-corrected chi connectivity index (χ2v) is 8.69. The van der Waals surface area contributed by atoms with E-state index in [1.165, 1.54) is 10.4 Å². The molecule has 0 aliphatic carbocycles. The number of halogens is 1. The third kappa shape index (κ3) is 6.02. The third-order valence-corrected chi connectivity index (χ3v) is 6.57. The van der Waals surface area contributed by atoms with Crippen LogP contribution >= 0.6 is 15.9 Å². The van der Waals surface area contributed by atoms with Crippen molar-refractivity contribution in [1.29, 1.82) is 0 Å². The summed E-state index contributed by atoms with van der Waals surface area (Å²) in [6, 6.07) is 14.2. The molecule has 1 N–H and O–H groups in total. The Morgan fingerprint density at radius 3 is 2.37 bits per heavy atom. The van der Waals surface area contributed by atoms with E-state index in [4.69, 9.17) is 0 Å². The summed E-state index contributed by atoms with van der Waals surface area (Å²) >= 11 is 3.39. The van der Waals surface area contributed by atoms with Crippen LogP contribution in [0.1, 0.15) is 25.0 Å². The zero-order valence-electron chi connectivity index (χ0n) is 15.4. The van der Waals surface area contributed by atoms with Gasteiger partial charge in [0.25, 0.3) is 0 Å². The van der Waals surface area contributed by atoms with Crippen LogP contribution in [0.15, 0.2) is 64.0 Å². The molecule has 5 nitrogen and oxygen atoms in total. The summed E-state index contributed by atoms with van der Waals surface area (Å²) in [4.78, 5) is 12.2. The lowest BCUT2D eigenvalue weighted by atomic mass is 10.2. The van der Waals surface area contributed by atoms with Crippen molar-refractivity contribution in [2.75, 3.05) is 13.1 Å². The number of amides is 1. The highest BCUT2D eigenvalue weighted by Crippen LogP contribution is 2.16. The van der Waals surface area contributed by atoms with Crippen LogP contribution in [0.4, 0.5) is 0 Å². The molecule has 0 saturated heterocycles. The highest BCUT2D eigenvalue weighted by Gasteiger charge is 2.21. The minimum absolute atomic E-state index is 0.213. The van der Waals surface area contributed by atoms with Crippen molar-refractivity contribution in [3.05, 3.63) is 70.2 Å². The van der Waals surface area contributed by atoms with E-state index in [2.05, 4.69) is 21.2 Å². The number of nitrogens with zero attached hydrogens (tertiary/aromatic N) is 1. The lowest BCUT2D eigenvalue weighted by Gasteiger charge is -2.18. The first-order valence-corrected chi connectivity index (χ1v) is 10.9. The average Bonchev–Trinajstić information content (AvgIpc) is 2.66. The van der Waals surface area contributed by atoms with Crippen molar-refractivity contribution in [2.45, 2.75) is 25.3 Å². The Bertz CT molecular complexity index is 905. The van der Waals surface area contributed by atoms with Gasteiger partial charge in [0.05, 0.1) is 4.90 Å². The van der Waals surface area contributed by atoms with E-state index in [-0.39, 0.29) is 10.8 Å². The number of hydrogen-bond donors (Lipinski definition) is 1. The summed E-state index contributed by atoms with van der Waals surface area (Å²) < 4.78 is 27.3. The Labute approximate surface area is 169 Å². The second kappa shape index (κ2) is 9.82. The van der Waals surface area contributed by atoms with Gasteiger partial charge in [0.2, 0.25) is 15.9 Å². The van der Waals surface area contributed by atoms with E-state index in [0.717, 1.165) is 15.6 Å². The molecule has 0 unspecified atom stereocenters. The summed E-state index contributed by atoms with van der Waals surface area (Å²) in [5.41, 5.74) is 1.75. The molecule has 1 amide bonds. The van der Waals surface area contributed by atoms with Crippen molar-refractivity contribution in [1.82, 2.24) is 9.62 Å². The summed E-state index contributed by atoms with van der Waals surface area (Å²) in [5, 5.41) is 2.79. The Morgan fingerprint density at radius 2 is 1.78 bits per heavy atom. The molecule has 2 rings (SSSR count). The van der Waals surface area contributed by atoms with Crippen LogP contribution in [0.25, 0.3) is 6.08 Å². The predicted molar refractivity (Wildman–Crippen MR) is 112 cm³/mol. The molecule has 0 saturated carbocycles. The van der Waals surface area contributed by atoms with Crippen molar-refractivity contribution in [3.8, 4) is 0 Å². The van der Waals surface area contributed by atoms with Gasteiger partial charge in [-0.1, -0.05) is 54.0 Å². The van der Waals surface area contributed by atoms with Gasteiger partial charge in [-0.2, -0.15) is 4.31 Å². The summed E-state index contributed by atoms with van der Waals surface area (Å²) in [5.74, 6) is -0.213. The molecular weight excluding hydrogens is 428 g/mol. The molecule has 144 valence electrons. The molecule has 0 atom stereocenters. The largest absolute Gasteiger partial charge is 0.348 e. The molecule has 0 radical (unpaired) electrons. The number of nitrogens with one attached hydrogen (secondary N) is 1. The van der Waals surface area contributed by atoms with Gasteiger partial charge in [-0.25, -0.2) is 8.42 Å². The molecule has 2 aromatic carbocycles. The zero-order chi connectivity index (χ0) is 19.9. The van der Waals surface area contributed by atoms with E-state index < -0.39 is 10.0 Å². The van der Waals surface area contributed by atoms with Crippen LogP contribution in [0.2, 0.25) is 0 Å². The fourth-order valence-electron chi connectivity index (χ4n) is 2.52. The van der Waals surface area contributed by atoms with E-state index in [1.807, 2.05) is 38.1 Å². The van der Waals surface area contributed by atoms with Crippen LogP contribution in [0, 0.1) is 0 Å². The summed E-state index contributed by atoms with van der Waals surface area (Å²) in [6.45, 7) is 4.81. The number of carbonyl (C=O) groups excluding carboxylic acids is 1. The van der Waals surface area contributed by atoms with Gasteiger partial charge in [-0.05, 0) is 41.5 Å². The number of hydrogen-bond acceptors (Lipinski definition) is 3. The quantitative estimate of drug-likeness (QED) is 0.621. The molecule has 0 aliphatic rings. The third-order valence-electron chi connectivity index (χ3n) is 4.01. The first kappa shape index (κ1) is 21.3. The second-order valence-electron chi connectivity index (χ2n) is 5.84. The van der Waals surface area contributed by atoms with E-state index >= 15 is 0 Å². The zero-order valence-corrected chi connectivity index (χ0v) is 17.8. The molecule has 0 fully saturated rings. The maximum absolute atomic E-state index is 12.5. The fourth-order valence-corrected chi connectivity index (χ4v) is 4.40. The van der Waals surface area contributed by atoms with Crippen LogP contribution in [-0.4, -0.2) is 31.7 Å². The minimum atomic E-state index is -3.46. The van der Waals surface area contributed by atoms with E-state index in [9.17, 15) is 13.2 Å². The fraction of sp³-hybridized carbons (Fsp3) is 0.250. The maximum Gasteiger partial charge on any atom is 0.244 e. The first-order chi connectivity index (χ1) is 12.9. The van der Waals surface area contributed by atoms with Crippen molar-refractivity contribution in [2.24, 2.45) is 0 Å². The number of rotatable bonds is 8.